The number of hydrogen-bond acceptors (Lipinski definition) is 3. The molecule has 2 rings (SSSR count). The lowest BCUT2D eigenvalue weighted by atomic mass is 10.1. The van der Waals surface area contributed by atoms with Gasteiger partial charge in [0.05, 0.1) is 6.04 Å². The van der Waals surface area contributed by atoms with Crippen LogP contribution in [0.5, 0.6) is 0 Å². The van der Waals surface area contributed by atoms with Gasteiger partial charge in [0.15, 0.2) is 5.17 Å². The number of nitrogens with one attached hydrogen (secondary N) is 1. The fourth-order valence-electron chi connectivity index (χ4n) is 2.56. The molecule has 0 aliphatic carbocycles. The van der Waals surface area contributed by atoms with E-state index in [1.807, 2.05) is 11.8 Å². The van der Waals surface area contributed by atoms with Crippen molar-refractivity contribution < 1.29 is 0 Å². The highest BCUT2D eigenvalue weighted by Crippen LogP contribution is 2.29. The van der Waals surface area contributed by atoms with Crippen molar-refractivity contribution in [1.29, 1.82) is 0 Å². The minimum absolute atomic E-state index is 0.331. The number of aliphatic imine (C=N–C) groups is 1. The largest absolute Gasteiger partial charge is 0.362 e. The SMILES string of the molecule is CCCCC(CCC)NC1=NC(c2ccccc2)CS1. The van der Waals surface area contributed by atoms with Crippen LogP contribution in [0.1, 0.15) is 57.6 Å². The van der Waals surface area contributed by atoms with Gasteiger partial charge in [-0.1, -0.05) is 75.2 Å². The van der Waals surface area contributed by atoms with Crippen molar-refractivity contribution in [3.63, 3.8) is 0 Å². The Labute approximate surface area is 127 Å². The molecule has 2 nitrogen and oxygen atoms in total. The van der Waals surface area contributed by atoms with Crippen LogP contribution in [0.25, 0.3) is 0 Å². The van der Waals surface area contributed by atoms with Gasteiger partial charge in [-0.15, -0.1) is 0 Å². The van der Waals surface area contributed by atoms with E-state index in [-0.39, 0.29) is 0 Å². The first kappa shape index (κ1) is 15.4. The third-order valence-electron chi connectivity index (χ3n) is 3.71. The molecule has 0 fully saturated rings. The van der Waals surface area contributed by atoms with Gasteiger partial charge in [0.2, 0.25) is 0 Å². The molecule has 1 N–H and O–H groups in total. The molecule has 0 radical (unpaired) electrons. The lowest BCUT2D eigenvalue weighted by Crippen LogP contribution is -2.32. The predicted molar refractivity (Wildman–Crippen MR) is 90.4 cm³/mol. The molecule has 1 aliphatic heterocycles. The first-order valence-corrected chi connectivity index (χ1v) is 8.84. The molecule has 0 amide bonds. The quantitative estimate of drug-likeness (QED) is 0.781. The molecule has 1 aliphatic rings. The summed E-state index contributed by atoms with van der Waals surface area (Å²) in [5.41, 5.74) is 1.33. The highest BCUT2D eigenvalue weighted by atomic mass is 32.2. The molecular formula is C17H26N2S. The molecule has 0 aromatic heterocycles. The van der Waals surface area contributed by atoms with Crippen molar-refractivity contribution in [1.82, 2.24) is 5.32 Å². The van der Waals surface area contributed by atoms with E-state index in [9.17, 15) is 0 Å². The van der Waals surface area contributed by atoms with Gasteiger partial charge in [-0.05, 0) is 18.4 Å². The Morgan fingerprint density at radius 1 is 1.20 bits per heavy atom. The number of thioether (sulfide) groups is 1. The van der Waals surface area contributed by atoms with Gasteiger partial charge < -0.3 is 5.32 Å². The van der Waals surface area contributed by atoms with Gasteiger partial charge in [-0.3, -0.25) is 4.99 Å². The lowest BCUT2D eigenvalue weighted by Gasteiger charge is -2.18. The van der Waals surface area contributed by atoms with Gasteiger partial charge in [0.1, 0.15) is 0 Å². The van der Waals surface area contributed by atoms with E-state index >= 15 is 0 Å². The maximum absolute atomic E-state index is 4.86. The normalized spacial score (nSPS) is 19.7. The van der Waals surface area contributed by atoms with Gasteiger partial charge in [0, 0.05) is 11.8 Å². The van der Waals surface area contributed by atoms with Crippen molar-refractivity contribution in [2.24, 2.45) is 4.99 Å². The Bertz CT molecular complexity index is 416. The van der Waals surface area contributed by atoms with Crippen LogP contribution in [0.3, 0.4) is 0 Å². The summed E-state index contributed by atoms with van der Waals surface area (Å²) in [4.78, 5) is 4.86. The van der Waals surface area contributed by atoms with E-state index in [4.69, 9.17) is 4.99 Å². The topological polar surface area (TPSA) is 24.4 Å². The van der Waals surface area contributed by atoms with Crippen LogP contribution in [-0.2, 0) is 0 Å². The molecule has 0 spiro atoms. The summed E-state index contributed by atoms with van der Waals surface area (Å²) in [6, 6.07) is 11.6. The van der Waals surface area contributed by atoms with Crippen LogP contribution < -0.4 is 5.32 Å². The molecule has 20 heavy (non-hydrogen) atoms. The minimum atomic E-state index is 0.331. The second-order valence-corrected chi connectivity index (χ2v) is 6.45. The fourth-order valence-corrected chi connectivity index (χ4v) is 3.60. The third kappa shape index (κ3) is 4.55. The van der Waals surface area contributed by atoms with Crippen molar-refractivity contribution in [2.45, 2.75) is 58.0 Å². The minimum Gasteiger partial charge on any atom is -0.362 e. The zero-order valence-electron chi connectivity index (χ0n) is 12.6. The maximum atomic E-state index is 4.86. The van der Waals surface area contributed by atoms with Crippen molar-refractivity contribution in [3.05, 3.63) is 35.9 Å². The van der Waals surface area contributed by atoms with Gasteiger partial charge in [0.25, 0.3) is 0 Å². The molecule has 1 aromatic rings. The standard InChI is InChI=1S/C17H26N2S/c1-3-5-12-15(9-4-2)18-17-19-16(13-20-17)14-10-7-6-8-11-14/h6-8,10-11,15-16H,3-5,9,12-13H2,1-2H3,(H,18,19). The highest BCUT2D eigenvalue weighted by Gasteiger charge is 2.21. The summed E-state index contributed by atoms with van der Waals surface area (Å²) in [5.74, 6) is 1.07. The number of unbranched alkanes of at least 4 members (excludes halogenated alkanes) is 1. The predicted octanol–water partition coefficient (Wildman–Crippen LogP) is 4.78. The summed E-state index contributed by atoms with van der Waals surface area (Å²) >= 11 is 1.87. The maximum Gasteiger partial charge on any atom is 0.157 e. The van der Waals surface area contributed by atoms with Gasteiger partial charge in [-0.25, -0.2) is 0 Å². The highest BCUT2D eigenvalue weighted by molar-refractivity contribution is 8.14. The molecule has 0 saturated carbocycles. The Morgan fingerprint density at radius 3 is 2.70 bits per heavy atom. The van der Waals surface area contributed by atoms with E-state index in [1.54, 1.807) is 0 Å². The lowest BCUT2D eigenvalue weighted by molar-refractivity contribution is 0.496. The number of rotatable bonds is 7. The summed E-state index contributed by atoms with van der Waals surface area (Å²) < 4.78 is 0. The molecule has 0 saturated heterocycles. The summed E-state index contributed by atoms with van der Waals surface area (Å²) in [6.07, 6.45) is 6.32. The molecule has 2 unspecified atom stereocenters. The van der Waals surface area contributed by atoms with E-state index in [0.29, 0.717) is 12.1 Å². The first-order valence-electron chi connectivity index (χ1n) is 7.85. The Hall–Kier alpha value is -0.960. The van der Waals surface area contributed by atoms with Crippen LogP contribution in [0.2, 0.25) is 0 Å². The first-order chi connectivity index (χ1) is 9.83. The number of benzene rings is 1. The smallest absolute Gasteiger partial charge is 0.157 e. The Balaban J connectivity index is 1.92. The zero-order valence-corrected chi connectivity index (χ0v) is 13.5. The van der Waals surface area contributed by atoms with Crippen molar-refractivity contribution in [3.8, 4) is 0 Å². The average Bonchev–Trinajstić information content (AvgIpc) is 2.94. The van der Waals surface area contributed by atoms with E-state index in [1.165, 1.54) is 37.7 Å². The number of amidine groups is 1. The second kappa shape index (κ2) is 8.35. The fraction of sp³-hybridized carbons (Fsp3) is 0.588. The van der Waals surface area contributed by atoms with Crippen molar-refractivity contribution in [2.75, 3.05) is 5.75 Å². The summed E-state index contributed by atoms with van der Waals surface area (Å²) in [6.45, 7) is 4.52. The third-order valence-corrected chi connectivity index (χ3v) is 4.69. The number of hydrogen-bond donors (Lipinski definition) is 1. The molecule has 0 bridgehead atoms. The Kier molecular flexibility index (Phi) is 6.44. The monoisotopic (exact) mass is 290 g/mol. The summed E-state index contributed by atoms with van der Waals surface area (Å²) in [5, 5.41) is 4.81. The molecule has 2 atom stereocenters. The van der Waals surface area contributed by atoms with Crippen molar-refractivity contribution >= 4 is 16.9 Å². The average molecular weight is 290 g/mol. The van der Waals surface area contributed by atoms with Crippen LogP contribution in [0.15, 0.2) is 35.3 Å². The molecule has 3 heteroatoms. The van der Waals surface area contributed by atoms with E-state index in [0.717, 1.165) is 10.9 Å². The summed E-state index contributed by atoms with van der Waals surface area (Å²) in [7, 11) is 0. The molecule has 1 heterocycles. The van der Waals surface area contributed by atoms with Crippen LogP contribution in [-0.4, -0.2) is 17.0 Å². The Morgan fingerprint density at radius 2 is 2.00 bits per heavy atom. The van der Waals surface area contributed by atoms with Gasteiger partial charge in [-0.2, -0.15) is 0 Å². The van der Waals surface area contributed by atoms with Crippen LogP contribution >= 0.6 is 11.8 Å². The second-order valence-electron chi connectivity index (χ2n) is 5.44. The van der Waals surface area contributed by atoms with Crippen LogP contribution in [0, 0.1) is 0 Å². The molecule has 1 aromatic carbocycles. The van der Waals surface area contributed by atoms with Crippen LogP contribution in [0.4, 0.5) is 0 Å². The molecular weight excluding hydrogens is 264 g/mol. The molecule has 110 valence electrons. The van der Waals surface area contributed by atoms with Gasteiger partial charge >= 0.3 is 0 Å². The zero-order chi connectivity index (χ0) is 14.2. The number of nitrogens with zero attached hydrogens (tertiary/aromatic N) is 1. The van der Waals surface area contributed by atoms with E-state index < -0.39 is 0 Å². The van der Waals surface area contributed by atoms with E-state index in [2.05, 4.69) is 49.5 Å².